The number of hydrogen-bond donors (Lipinski definition) is 1. The number of imidazole rings is 1. The van der Waals surface area contributed by atoms with E-state index in [1.54, 1.807) is 0 Å². The van der Waals surface area contributed by atoms with E-state index < -0.39 is 0 Å². The van der Waals surface area contributed by atoms with Gasteiger partial charge in [0.15, 0.2) is 0 Å². The standard InChI is InChI=1S/C17H23N3/c1-3-14-7-5-8-15(10-14)20-12-18-11-17(20)16-9-4-6-13(2)19-16/h5,7-8,10-13,16,19H,3-4,6,9H2,1-2H3. The van der Waals surface area contributed by atoms with Gasteiger partial charge in [0.05, 0.1) is 18.2 Å². The molecule has 0 saturated carbocycles. The second kappa shape index (κ2) is 5.80. The average Bonchev–Trinajstić information content (AvgIpc) is 2.97. The minimum absolute atomic E-state index is 0.423. The summed E-state index contributed by atoms with van der Waals surface area (Å²) in [6, 6.07) is 9.76. The lowest BCUT2D eigenvalue weighted by molar-refractivity contribution is 0.334. The fourth-order valence-electron chi connectivity index (χ4n) is 3.08. The number of aromatic nitrogens is 2. The van der Waals surface area contributed by atoms with Gasteiger partial charge in [-0.2, -0.15) is 0 Å². The van der Waals surface area contributed by atoms with Gasteiger partial charge >= 0.3 is 0 Å². The zero-order valence-corrected chi connectivity index (χ0v) is 12.3. The van der Waals surface area contributed by atoms with Gasteiger partial charge in [-0.1, -0.05) is 19.1 Å². The number of piperidine rings is 1. The van der Waals surface area contributed by atoms with Gasteiger partial charge in [0.1, 0.15) is 0 Å². The molecule has 0 amide bonds. The Bertz CT molecular complexity index is 573. The Morgan fingerprint density at radius 2 is 2.25 bits per heavy atom. The lowest BCUT2D eigenvalue weighted by atomic mass is 9.97. The second-order valence-electron chi connectivity index (χ2n) is 5.76. The van der Waals surface area contributed by atoms with E-state index in [0.29, 0.717) is 12.1 Å². The fraction of sp³-hybridized carbons (Fsp3) is 0.471. The van der Waals surface area contributed by atoms with Gasteiger partial charge in [-0.15, -0.1) is 0 Å². The molecule has 3 heteroatoms. The van der Waals surface area contributed by atoms with Crippen LogP contribution in [0.4, 0.5) is 0 Å². The summed E-state index contributed by atoms with van der Waals surface area (Å²) < 4.78 is 2.23. The fourth-order valence-corrected chi connectivity index (χ4v) is 3.08. The van der Waals surface area contributed by atoms with Crippen LogP contribution in [-0.4, -0.2) is 15.6 Å². The van der Waals surface area contributed by atoms with Gasteiger partial charge in [-0.05, 0) is 50.3 Å². The van der Waals surface area contributed by atoms with Gasteiger partial charge in [0.25, 0.3) is 0 Å². The number of aryl methyl sites for hydroxylation is 1. The molecular formula is C17H23N3. The van der Waals surface area contributed by atoms with E-state index in [-0.39, 0.29) is 0 Å². The van der Waals surface area contributed by atoms with Gasteiger partial charge in [0.2, 0.25) is 0 Å². The molecule has 1 fully saturated rings. The molecule has 1 aromatic carbocycles. The molecule has 2 heterocycles. The predicted octanol–water partition coefficient (Wildman–Crippen LogP) is 3.64. The van der Waals surface area contributed by atoms with E-state index in [2.05, 4.69) is 53.0 Å². The average molecular weight is 269 g/mol. The molecule has 106 valence electrons. The molecular weight excluding hydrogens is 246 g/mol. The van der Waals surface area contributed by atoms with Crippen molar-refractivity contribution in [2.24, 2.45) is 0 Å². The lowest BCUT2D eigenvalue weighted by Crippen LogP contribution is -2.35. The Balaban J connectivity index is 1.92. The van der Waals surface area contributed by atoms with E-state index in [1.807, 2.05) is 12.5 Å². The molecule has 0 bridgehead atoms. The van der Waals surface area contributed by atoms with E-state index >= 15 is 0 Å². The van der Waals surface area contributed by atoms with E-state index in [1.165, 1.54) is 36.2 Å². The van der Waals surface area contributed by atoms with Crippen LogP contribution < -0.4 is 5.32 Å². The third kappa shape index (κ3) is 2.63. The van der Waals surface area contributed by atoms with Crippen molar-refractivity contribution in [3.05, 3.63) is 48.0 Å². The van der Waals surface area contributed by atoms with E-state index in [4.69, 9.17) is 0 Å². The summed E-state index contributed by atoms with van der Waals surface area (Å²) in [6.07, 6.45) is 8.77. The number of nitrogens with zero attached hydrogens (tertiary/aromatic N) is 2. The molecule has 0 aliphatic carbocycles. The third-order valence-electron chi connectivity index (χ3n) is 4.24. The molecule has 2 atom stereocenters. The molecule has 3 nitrogen and oxygen atoms in total. The minimum atomic E-state index is 0.423. The van der Waals surface area contributed by atoms with E-state index in [9.17, 15) is 0 Å². The number of benzene rings is 1. The highest BCUT2D eigenvalue weighted by Gasteiger charge is 2.22. The van der Waals surface area contributed by atoms with Gasteiger partial charge in [-0.25, -0.2) is 4.98 Å². The topological polar surface area (TPSA) is 29.9 Å². The summed E-state index contributed by atoms with van der Waals surface area (Å²) in [5.41, 5.74) is 3.87. The summed E-state index contributed by atoms with van der Waals surface area (Å²) in [5, 5.41) is 3.70. The Morgan fingerprint density at radius 1 is 1.35 bits per heavy atom. The van der Waals surface area contributed by atoms with Crippen molar-refractivity contribution in [3.8, 4) is 5.69 Å². The largest absolute Gasteiger partial charge is 0.306 e. The van der Waals surface area contributed by atoms with Gasteiger partial charge in [0, 0.05) is 17.8 Å². The highest BCUT2D eigenvalue weighted by Crippen LogP contribution is 2.27. The molecule has 1 aromatic heterocycles. The summed E-state index contributed by atoms with van der Waals surface area (Å²) in [6.45, 7) is 4.46. The highest BCUT2D eigenvalue weighted by molar-refractivity contribution is 5.38. The Kier molecular flexibility index (Phi) is 3.88. The van der Waals surface area contributed by atoms with Crippen LogP contribution in [0.2, 0.25) is 0 Å². The molecule has 0 radical (unpaired) electrons. The molecule has 3 rings (SSSR count). The maximum Gasteiger partial charge on any atom is 0.0994 e. The van der Waals surface area contributed by atoms with Crippen LogP contribution in [0.3, 0.4) is 0 Å². The first-order valence-electron chi connectivity index (χ1n) is 7.65. The smallest absolute Gasteiger partial charge is 0.0994 e. The third-order valence-corrected chi connectivity index (χ3v) is 4.24. The normalized spacial score (nSPS) is 22.9. The Labute approximate surface area is 121 Å². The van der Waals surface area contributed by atoms with Gasteiger partial charge < -0.3 is 9.88 Å². The van der Waals surface area contributed by atoms with Crippen molar-refractivity contribution in [2.75, 3.05) is 0 Å². The molecule has 2 unspecified atom stereocenters. The maximum absolute atomic E-state index is 4.38. The Hall–Kier alpha value is -1.61. The lowest BCUT2D eigenvalue weighted by Gasteiger charge is -2.29. The quantitative estimate of drug-likeness (QED) is 0.922. The van der Waals surface area contributed by atoms with Crippen molar-refractivity contribution >= 4 is 0 Å². The molecule has 1 N–H and O–H groups in total. The van der Waals surface area contributed by atoms with Crippen molar-refractivity contribution in [3.63, 3.8) is 0 Å². The van der Waals surface area contributed by atoms with E-state index in [0.717, 1.165) is 6.42 Å². The highest BCUT2D eigenvalue weighted by atomic mass is 15.1. The zero-order valence-electron chi connectivity index (χ0n) is 12.3. The van der Waals surface area contributed by atoms with Crippen molar-refractivity contribution in [1.82, 2.24) is 14.9 Å². The van der Waals surface area contributed by atoms with Crippen LogP contribution in [0.5, 0.6) is 0 Å². The predicted molar refractivity (Wildman–Crippen MR) is 82.1 cm³/mol. The summed E-state index contributed by atoms with van der Waals surface area (Å²) >= 11 is 0. The maximum atomic E-state index is 4.38. The first-order chi connectivity index (χ1) is 9.78. The van der Waals surface area contributed by atoms with Crippen molar-refractivity contribution < 1.29 is 0 Å². The number of nitrogens with one attached hydrogen (secondary N) is 1. The molecule has 1 saturated heterocycles. The first-order valence-corrected chi connectivity index (χ1v) is 7.65. The van der Waals surface area contributed by atoms with Crippen LogP contribution in [0.15, 0.2) is 36.8 Å². The SMILES string of the molecule is CCc1cccc(-n2cncc2C2CCCC(C)N2)c1. The molecule has 1 aliphatic rings. The van der Waals surface area contributed by atoms with Crippen LogP contribution in [0, 0.1) is 0 Å². The molecule has 20 heavy (non-hydrogen) atoms. The molecule has 1 aliphatic heterocycles. The van der Waals surface area contributed by atoms with Crippen LogP contribution in [-0.2, 0) is 6.42 Å². The van der Waals surface area contributed by atoms with Crippen molar-refractivity contribution in [2.45, 2.75) is 51.6 Å². The molecule has 2 aromatic rings. The zero-order chi connectivity index (χ0) is 13.9. The number of rotatable bonds is 3. The van der Waals surface area contributed by atoms with Crippen LogP contribution >= 0.6 is 0 Å². The van der Waals surface area contributed by atoms with Crippen molar-refractivity contribution in [1.29, 1.82) is 0 Å². The van der Waals surface area contributed by atoms with Crippen LogP contribution in [0.1, 0.15) is 50.4 Å². The molecule has 0 spiro atoms. The minimum Gasteiger partial charge on any atom is -0.306 e. The second-order valence-corrected chi connectivity index (χ2v) is 5.76. The monoisotopic (exact) mass is 269 g/mol. The first kappa shape index (κ1) is 13.4. The summed E-state index contributed by atoms with van der Waals surface area (Å²) in [5.74, 6) is 0. The Morgan fingerprint density at radius 3 is 3.05 bits per heavy atom. The summed E-state index contributed by atoms with van der Waals surface area (Å²) in [4.78, 5) is 4.38. The van der Waals surface area contributed by atoms with Gasteiger partial charge in [-0.3, -0.25) is 0 Å². The number of hydrogen-bond acceptors (Lipinski definition) is 2. The van der Waals surface area contributed by atoms with Crippen LogP contribution in [0.25, 0.3) is 5.69 Å². The summed E-state index contributed by atoms with van der Waals surface area (Å²) in [7, 11) is 0.